The molecule has 22 heavy (non-hydrogen) atoms. The van der Waals surface area contributed by atoms with E-state index in [1.165, 1.54) is 27.4 Å². The molecule has 0 amide bonds. The Kier molecular flexibility index (Phi) is 6.26. The quantitative estimate of drug-likeness (QED) is 0.456. The highest BCUT2D eigenvalue weighted by Crippen LogP contribution is 2.40. The fourth-order valence-corrected chi connectivity index (χ4v) is 1.81. The molecule has 0 aromatic heterocycles. The molecule has 0 aliphatic rings. The van der Waals surface area contributed by atoms with Gasteiger partial charge in [-0.05, 0) is 32.1 Å². The fourth-order valence-electron chi connectivity index (χ4n) is 1.81. The lowest BCUT2D eigenvalue weighted by molar-refractivity contribution is -0.142. The molecular weight excluding hydrogens is 286 g/mol. The van der Waals surface area contributed by atoms with Gasteiger partial charge in [-0.25, -0.2) is 4.79 Å². The smallest absolute Gasteiger partial charge is 0.349 e. The van der Waals surface area contributed by atoms with Crippen molar-refractivity contribution in [3.8, 4) is 23.3 Å². The molecule has 0 aliphatic carbocycles. The zero-order chi connectivity index (χ0) is 16.7. The summed E-state index contributed by atoms with van der Waals surface area (Å²) in [4.78, 5) is 11.9. The Morgan fingerprint density at radius 3 is 2.23 bits per heavy atom. The molecule has 0 heterocycles. The molecule has 6 heteroatoms. The van der Waals surface area contributed by atoms with E-state index in [4.69, 9.17) is 24.2 Å². The maximum atomic E-state index is 11.9. The van der Waals surface area contributed by atoms with Crippen LogP contribution in [0.25, 0.3) is 6.08 Å². The van der Waals surface area contributed by atoms with Crippen molar-refractivity contribution in [3.05, 3.63) is 23.3 Å². The third-order valence-corrected chi connectivity index (χ3v) is 2.72. The van der Waals surface area contributed by atoms with Gasteiger partial charge in [-0.1, -0.05) is 0 Å². The van der Waals surface area contributed by atoms with E-state index < -0.39 is 5.97 Å². The summed E-state index contributed by atoms with van der Waals surface area (Å²) in [5.74, 6) is 0.550. The molecule has 1 aromatic rings. The van der Waals surface area contributed by atoms with Crippen LogP contribution in [0.15, 0.2) is 17.7 Å². The zero-order valence-corrected chi connectivity index (χ0v) is 13.3. The topological polar surface area (TPSA) is 77.8 Å². The molecule has 0 atom stereocenters. The molecule has 0 bridgehead atoms. The minimum Gasteiger partial charge on any atom is -0.493 e. The van der Waals surface area contributed by atoms with Crippen LogP contribution in [-0.4, -0.2) is 33.4 Å². The lowest BCUT2D eigenvalue weighted by atomic mass is 10.1. The van der Waals surface area contributed by atoms with Crippen LogP contribution in [0.5, 0.6) is 17.2 Å². The van der Waals surface area contributed by atoms with Crippen LogP contribution in [0.4, 0.5) is 0 Å². The van der Waals surface area contributed by atoms with Gasteiger partial charge in [0.1, 0.15) is 11.6 Å². The normalized spacial score (nSPS) is 10.9. The predicted molar refractivity (Wildman–Crippen MR) is 80.9 cm³/mol. The van der Waals surface area contributed by atoms with Crippen LogP contribution in [-0.2, 0) is 9.53 Å². The molecule has 0 radical (unpaired) electrons. The first-order chi connectivity index (χ1) is 10.5. The first-order valence-electron chi connectivity index (χ1n) is 6.60. The first-order valence-corrected chi connectivity index (χ1v) is 6.60. The van der Waals surface area contributed by atoms with Gasteiger partial charge < -0.3 is 18.9 Å². The summed E-state index contributed by atoms with van der Waals surface area (Å²) in [5.41, 5.74) is 0.386. The van der Waals surface area contributed by atoms with E-state index in [0.717, 1.165) is 0 Å². The summed E-state index contributed by atoms with van der Waals surface area (Å²) in [7, 11) is 4.45. The second-order valence-corrected chi connectivity index (χ2v) is 4.55. The Labute approximate surface area is 129 Å². The predicted octanol–water partition coefficient (Wildman–Crippen LogP) is 2.57. The van der Waals surface area contributed by atoms with Gasteiger partial charge in [0, 0.05) is 5.56 Å². The Morgan fingerprint density at radius 2 is 1.77 bits per heavy atom. The molecule has 6 nitrogen and oxygen atoms in total. The van der Waals surface area contributed by atoms with Gasteiger partial charge >= 0.3 is 5.97 Å². The fraction of sp³-hybridized carbons (Fsp3) is 0.375. The highest BCUT2D eigenvalue weighted by Gasteiger charge is 2.18. The van der Waals surface area contributed by atoms with E-state index in [1.54, 1.807) is 26.0 Å². The molecule has 0 spiro atoms. The van der Waals surface area contributed by atoms with E-state index in [1.807, 2.05) is 6.07 Å². The van der Waals surface area contributed by atoms with Gasteiger partial charge in [-0.3, -0.25) is 0 Å². The van der Waals surface area contributed by atoms with Gasteiger partial charge in [0.2, 0.25) is 5.75 Å². The Bertz CT molecular complexity index is 614. The van der Waals surface area contributed by atoms with E-state index >= 15 is 0 Å². The van der Waals surface area contributed by atoms with Gasteiger partial charge in [0.15, 0.2) is 11.5 Å². The van der Waals surface area contributed by atoms with Gasteiger partial charge in [-0.2, -0.15) is 5.26 Å². The zero-order valence-electron chi connectivity index (χ0n) is 13.3. The number of esters is 1. The monoisotopic (exact) mass is 305 g/mol. The summed E-state index contributed by atoms with van der Waals surface area (Å²) in [6, 6.07) is 5.16. The molecule has 0 saturated carbocycles. The summed E-state index contributed by atoms with van der Waals surface area (Å²) in [5, 5.41) is 9.15. The lowest BCUT2D eigenvalue weighted by Crippen LogP contribution is -2.12. The first kappa shape index (κ1) is 17.4. The lowest BCUT2D eigenvalue weighted by Gasteiger charge is -2.14. The second-order valence-electron chi connectivity index (χ2n) is 4.55. The molecule has 0 fully saturated rings. The standard InChI is InChI=1S/C16H19NO5/c1-10(2)22-16(18)12(9-17)8-11-6-7-13(19-3)15(21-5)14(11)20-4/h6-8,10H,1-5H3. The summed E-state index contributed by atoms with van der Waals surface area (Å²) in [6.07, 6.45) is 1.09. The minimum absolute atomic E-state index is 0.126. The number of methoxy groups -OCH3 is 3. The molecule has 118 valence electrons. The van der Waals surface area contributed by atoms with Crippen molar-refractivity contribution in [2.75, 3.05) is 21.3 Å². The van der Waals surface area contributed by atoms with Gasteiger partial charge in [0.05, 0.1) is 27.4 Å². The molecule has 1 rings (SSSR count). The Hall–Kier alpha value is -2.68. The van der Waals surface area contributed by atoms with Crippen LogP contribution in [0.1, 0.15) is 19.4 Å². The number of hydrogen-bond acceptors (Lipinski definition) is 6. The number of carbonyl (C=O) groups is 1. The van der Waals surface area contributed by atoms with E-state index in [9.17, 15) is 4.79 Å². The average molecular weight is 305 g/mol. The number of carbonyl (C=O) groups excluding carboxylic acids is 1. The number of hydrogen-bond donors (Lipinski definition) is 0. The third kappa shape index (κ3) is 3.92. The van der Waals surface area contributed by atoms with Crippen molar-refractivity contribution in [1.29, 1.82) is 5.26 Å². The van der Waals surface area contributed by atoms with Crippen LogP contribution in [0.2, 0.25) is 0 Å². The number of rotatable bonds is 6. The molecule has 0 N–H and O–H groups in total. The molecular formula is C16H19NO5. The van der Waals surface area contributed by atoms with E-state index in [2.05, 4.69) is 0 Å². The largest absolute Gasteiger partial charge is 0.493 e. The summed E-state index contributed by atoms with van der Waals surface area (Å²) >= 11 is 0. The molecule has 1 aromatic carbocycles. The van der Waals surface area contributed by atoms with Crippen molar-refractivity contribution < 1.29 is 23.7 Å². The highest BCUT2D eigenvalue weighted by molar-refractivity contribution is 5.98. The maximum Gasteiger partial charge on any atom is 0.349 e. The Morgan fingerprint density at radius 1 is 1.14 bits per heavy atom. The molecule has 0 unspecified atom stereocenters. The maximum absolute atomic E-state index is 11.9. The molecule has 0 aliphatic heterocycles. The van der Waals surface area contributed by atoms with Crippen molar-refractivity contribution in [1.82, 2.24) is 0 Å². The highest BCUT2D eigenvalue weighted by atomic mass is 16.5. The van der Waals surface area contributed by atoms with Crippen LogP contribution >= 0.6 is 0 Å². The number of benzene rings is 1. The van der Waals surface area contributed by atoms with Gasteiger partial charge in [0.25, 0.3) is 0 Å². The van der Waals surface area contributed by atoms with Crippen LogP contribution in [0, 0.1) is 11.3 Å². The number of ether oxygens (including phenoxy) is 4. The van der Waals surface area contributed by atoms with Crippen molar-refractivity contribution in [3.63, 3.8) is 0 Å². The van der Waals surface area contributed by atoms with E-state index in [-0.39, 0.29) is 11.7 Å². The number of nitrogens with zero attached hydrogens (tertiary/aromatic N) is 1. The van der Waals surface area contributed by atoms with Crippen LogP contribution in [0.3, 0.4) is 0 Å². The van der Waals surface area contributed by atoms with Gasteiger partial charge in [-0.15, -0.1) is 0 Å². The summed E-state index contributed by atoms with van der Waals surface area (Å²) in [6.45, 7) is 3.42. The molecule has 0 saturated heterocycles. The van der Waals surface area contributed by atoms with Crippen molar-refractivity contribution in [2.45, 2.75) is 20.0 Å². The summed E-state index contributed by atoms with van der Waals surface area (Å²) < 4.78 is 20.8. The minimum atomic E-state index is -0.686. The van der Waals surface area contributed by atoms with Crippen molar-refractivity contribution >= 4 is 12.0 Å². The SMILES string of the molecule is COc1ccc(C=C(C#N)C(=O)OC(C)C)c(OC)c1OC. The number of nitriles is 1. The second kappa shape index (κ2) is 7.93. The van der Waals surface area contributed by atoms with E-state index in [0.29, 0.717) is 22.8 Å². The average Bonchev–Trinajstić information content (AvgIpc) is 2.50. The van der Waals surface area contributed by atoms with Crippen molar-refractivity contribution in [2.24, 2.45) is 0 Å². The Balaban J connectivity index is 3.34. The third-order valence-electron chi connectivity index (χ3n) is 2.72. The van der Waals surface area contributed by atoms with Crippen LogP contribution < -0.4 is 14.2 Å².